The fourth-order valence-electron chi connectivity index (χ4n) is 2.23. The van der Waals surface area contributed by atoms with Crippen molar-refractivity contribution in [2.45, 2.75) is 13.5 Å². The topological polar surface area (TPSA) is 99.2 Å². The summed E-state index contributed by atoms with van der Waals surface area (Å²) in [5.41, 5.74) is 7.08. The van der Waals surface area contributed by atoms with Gasteiger partial charge in [-0.25, -0.2) is 4.90 Å². The van der Waals surface area contributed by atoms with Gasteiger partial charge in [0.2, 0.25) is 5.91 Å². The van der Waals surface area contributed by atoms with E-state index in [1.807, 2.05) is 24.3 Å². The molecule has 2 aromatic rings. The molecule has 0 heterocycles. The van der Waals surface area contributed by atoms with Crippen LogP contribution in [-0.4, -0.2) is 11.8 Å². The molecule has 0 aliphatic heterocycles. The van der Waals surface area contributed by atoms with Gasteiger partial charge >= 0.3 is 0 Å². The summed E-state index contributed by atoms with van der Waals surface area (Å²) in [5.74, 6) is -1.23. The maximum atomic E-state index is 12.6. The van der Waals surface area contributed by atoms with Gasteiger partial charge in [0.05, 0.1) is 5.69 Å². The van der Waals surface area contributed by atoms with Crippen LogP contribution in [0.15, 0.2) is 60.3 Å². The fourth-order valence-corrected chi connectivity index (χ4v) is 2.44. The summed E-state index contributed by atoms with van der Waals surface area (Å²) in [4.78, 5) is 25.5. The number of nitrogens with zero attached hydrogens (tertiary/aromatic N) is 2. The Morgan fingerprint density at radius 2 is 1.88 bits per heavy atom. The van der Waals surface area contributed by atoms with Gasteiger partial charge in [0.25, 0.3) is 5.91 Å². The quantitative estimate of drug-likeness (QED) is 0.480. The SMILES string of the molecule is CC(=O)N(C(=O)/C(C#N)=C\NCc1ccccc1Cl)c1ccc(N)cc1. The van der Waals surface area contributed by atoms with Crippen LogP contribution in [0.4, 0.5) is 11.4 Å². The monoisotopic (exact) mass is 368 g/mol. The first-order valence-corrected chi connectivity index (χ1v) is 8.09. The smallest absolute Gasteiger partial charge is 0.277 e. The predicted octanol–water partition coefficient (Wildman–Crippen LogP) is 3.00. The summed E-state index contributed by atoms with van der Waals surface area (Å²) < 4.78 is 0. The maximum absolute atomic E-state index is 12.6. The van der Waals surface area contributed by atoms with Crippen molar-refractivity contribution in [3.05, 3.63) is 70.9 Å². The molecule has 0 fully saturated rings. The molecule has 7 heteroatoms. The van der Waals surface area contributed by atoms with Crippen LogP contribution in [0.2, 0.25) is 5.02 Å². The first-order chi connectivity index (χ1) is 12.4. The van der Waals surface area contributed by atoms with Gasteiger partial charge in [0, 0.05) is 30.4 Å². The molecule has 0 spiro atoms. The van der Waals surface area contributed by atoms with Gasteiger partial charge in [-0.15, -0.1) is 0 Å². The van der Waals surface area contributed by atoms with E-state index in [2.05, 4.69) is 5.32 Å². The lowest BCUT2D eigenvalue weighted by Gasteiger charge is -2.19. The summed E-state index contributed by atoms with van der Waals surface area (Å²) in [7, 11) is 0. The first kappa shape index (κ1) is 19.0. The number of carbonyl (C=O) groups is 2. The van der Waals surface area contributed by atoms with Crippen molar-refractivity contribution < 1.29 is 9.59 Å². The van der Waals surface area contributed by atoms with Crippen molar-refractivity contribution in [1.82, 2.24) is 5.32 Å². The Balaban J connectivity index is 2.19. The van der Waals surface area contributed by atoms with Crippen LogP contribution in [0.5, 0.6) is 0 Å². The highest BCUT2D eigenvalue weighted by Crippen LogP contribution is 2.19. The lowest BCUT2D eigenvalue weighted by Crippen LogP contribution is -2.36. The van der Waals surface area contributed by atoms with E-state index in [-0.39, 0.29) is 5.57 Å². The number of nitriles is 1. The zero-order valence-electron chi connectivity index (χ0n) is 14.1. The number of rotatable bonds is 5. The van der Waals surface area contributed by atoms with Crippen molar-refractivity contribution >= 4 is 34.8 Å². The van der Waals surface area contributed by atoms with E-state index < -0.39 is 11.8 Å². The lowest BCUT2D eigenvalue weighted by molar-refractivity contribution is -0.123. The van der Waals surface area contributed by atoms with E-state index in [1.54, 1.807) is 30.3 Å². The molecule has 0 saturated carbocycles. The molecular formula is C19H17ClN4O2. The second kappa shape index (κ2) is 8.70. The highest BCUT2D eigenvalue weighted by Gasteiger charge is 2.23. The van der Waals surface area contributed by atoms with E-state index in [4.69, 9.17) is 17.3 Å². The molecule has 0 aliphatic carbocycles. The number of imide groups is 1. The van der Waals surface area contributed by atoms with Crippen molar-refractivity contribution in [3.8, 4) is 6.07 Å². The van der Waals surface area contributed by atoms with Gasteiger partial charge in [-0.05, 0) is 35.9 Å². The zero-order valence-corrected chi connectivity index (χ0v) is 14.8. The second-order valence-corrected chi connectivity index (χ2v) is 5.80. The fraction of sp³-hybridized carbons (Fsp3) is 0.105. The van der Waals surface area contributed by atoms with Crippen LogP contribution in [0.25, 0.3) is 0 Å². The van der Waals surface area contributed by atoms with Crippen molar-refractivity contribution in [3.63, 3.8) is 0 Å². The lowest BCUT2D eigenvalue weighted by atomic mass is 10.2. The molecule has 2 aromatic carbocycles. The molecule has 2 rings (SSSR count). The van der Waals surface area contributed by atoms with E-state index >= 15 is 0 Å². The third-order valence-corrected chi connectivity index (χ3v) is 3.89. The molecule has 0 bridgehead atoms. The molecule has 0 saturated heterocycles. The van der Waals surface area contributed by atoms with E-state index in [0.717, 1.165) is 10.5 Å². The number of benzene rings is 2. The number of carbonyl (C=O) groups excluding carboxylic acids is 2. The highest BCUT2D eigenvalue weighted by atomic mass is 35.5. The van der Waals surface area contributed by atoms with Gasteiger partial charge in [-0.2, -0.15) is 5.26 Å². The molecule has 26 heavy (non-hydrogen) atoms. The minimum absolute atomic E-state index is 0.205. The minimum atomic E-state index is -0.726. The summed E-state index contributed by atoms with van der Waals surface area (Å²) in [6.07, 6.45) is 1.28. The molecular weight excluding hydrogens is 352 g/mol. The van der Waals surface area contributed by atoms with Crippen LogP contribution < -0.4 is 16.0 Å². The van der Waals surface area contributed by atoms with Crippen molar-refractivity contribution in [1.29, 1.82) is 5.26 Å². The van der Waals surface area contributed by atoms with E-state index in [9.17, 15) is 14.9 Å². The number of halogens is 1. The van der Waals surface area contributed by atoms with Crippen LogP contribution in [0, 0.1) is 11.3 Å². The Kier molecular flexibility index (Phi) is 6.36. The van der Waals surface area contributed by atoms with Gasteiger partial charge in [-0.3, -0.25) is 9.59 Å². The number of nitrogens with one attached hydrogen (secondary N) is 1. The van der Waals surface area contributed by atoms with Crippen LogP contribution >= 0.6 is 11.6 Å². The minimum Gasteiger partial charge on any atom is -0.399 e. The highest BCUT2D eigenvalue weighted by molar-refractivity contribution is 6.31. The number of nitrogens with two attached hydrogens (primary N) is 1. The molecule has 3 N–H and O–H groups in total. The number of amides is 2. The summed E-state index contributed by atoms with van der Waals surface area (Å²) in [5, 5.41) is 12.8. The number of hydrogen-bond donors (Lipinski definition) is 2. The Morgan fingerprint density at radius 3 is 2.46 bits per heavy atom. The van der Waals surface area contributed by atoms with Crippen LogP contribution in [0.1, 0.15) is 12.5 Å². The van der Waals surface area contributed by atoms with Crippen LogP contribution in [0.3, 0.4) is 0 Å². The average molecular weight is 369 g/mol. The molecule has 0 aromatic heterocycles. The Labute approximate surface area is 156 Å². The Bertz CT molecular complexity index is 885. The zero-order chi connectivity index (χ0) is 19.1. The van der Waals surface area contributed by atoms with Crippen molar-refractivity contribution in [2.24, 2.45) is 0 Å². The first-order valence-electron chi connectivity index (χ1n) is 7.71. The number of nitrogen functional groups attached to an aromatic ring is 1. The maximum Gasteiger partial charge on any atom is 0.277 e. The molecule has 6 nitrogen and oxygen atoms in total. The van der Waals surface area contributed by atoms with E-state index in [0.29, 0.717) is 22.9 Å². The molecule has 2 amide bonds. The largest absolute Gasteiger partial charge is 0.399 e. The Morgan fingerprint density at radius 1 is 1.23 bits per heavy atom. The van der Waals surface area contributed by atoms with Gasteiger partial charge < -0.3 is 11.1 Å². The normalized spacial score (nSPS) is 10.7. The molecule has 0 atom stereocenters. The molecule has 0 unspecified atom stereocenters. The average Bonchev–Trinajstić information content (AvgIpc) is 2.61. The second-order valence-electron chi connectivity index (χ2n) is 5.39. The standard InChI is InChI=1S/C19H17ClN4O2/c1-13(25)24(17-8-6-16(22)7-9-17)19(26)15(10-21)12-23-11-14-4-2-3-5-18(14)20/h2-9,12,23H,11,22H2,1H3/b15-12-. The molecule has 132 valence electrons. The molecule has 0 radical (unpaired) electrons. The predicted molar refractivity (Wildman–Crippen MR) is 101 cm³/mol. The van der Waals surface area contributed by atoms with Gasteiger partial charge in [0.15, 0.2) is 0 Å². The summed E-state index contributed by atoms with van der Waals surface area (Å²) in [6.45, 7) is 1.58. The third-order valence-electron chi connectivity index (χ3n) is 3.52. The summed E-state index contributed by atoms with van der Waals surface area (Å²) in [6, 6.07) is 15.3. The van der Waals surface area contributed by atoms with Gasteiger partial charge in [-0.1, -0.05) is 29.8 Å². The van der Waals surface area contributed by atoms with Crippen LogP contribution in [-0.2, 0) is 16.1 Å². The molecule has 0 aliphatic rings. The summed E-state index contributed by atoms with van der Waals surface area (Å²) >= 11 is 6.07. The number of anilines is 2. The number of hydrogen-bond acceptors (Lipinski definition) is 5. The van der Waals surface area contributed by atoms with E-state index in [1.165, 1.54) is 13.1 Å². The van der Waals surface area contributed by atoms with Crippen molar-refractivity contribution in [2.75, 3.05) is 10.6 Å². The van der Waals surface area contributed by atoms with Gasteiger partial charge in [0.1, 0.15) is 11.6 Å². The third kappa shape index (κ3) is 4.62. The Hall–Kier alpha value is -3.30.